The minimum Gasteiger partial charge on any atom is -0.320 e. The van der Waals surface area contributed by atoms with Crippen LogP contribution in [-0.4, -0.2) is 30.6 Å². The van der Waals surface area contributed by atoms with Crippen molar-refractivity contribution < 1.29 is 22.2 Å². The van der Waals surface area contributed by atoms with Crippen molar-refractivity contribution in [3.05, 3.63) is 83.8 Å². The van der Waals surface area contributed by atoms with E-state index in [1.54, 1.807) is 60.3 Å². The van der Waals surface area contributed by atoms with E-state index in [-0.39, 0.29) is 18.0 Å². The highest BCUT2D eigenvalue weighted by atomic mass is 32.2. The molecular formula is C23H20F3N5O2S. The summed E-state index contributed by atoms with van der Waals surface area (Å²) in [7, 11) is -2.98. The molecule has 2 aromatic carbocycles. The molecule has 2 heterocycles. The van der Waals surface area contributed by atoms with Crippen LogP contribution in [0.2, 0.25) is 0 Å². The second-order valence-electron chi connectivity index (χ2n) is 7.67. The van der Waals surface area contributed by atoms with E-state index in [0.717, 1.165) is 12.1 Å². The summed E-state index contributed by atoms with van der Waals surface area (Å²) in [4.78, 5) is 16.4. The molecule has 4 aromatic rings. The Kier molecular flexibility index (Phi) is 6.13. The van der Waals surface area contributed by atoms with Crippen molar-refractivity contribution in [1.82, 2.24) is 14.8 Å². The van der Waals surface area contributed by atoms with Gasteiger partial charge in [0, 0.05) is 22.2 Å². The highest BCUT2D eigenvalue weighted by Crippen LogP contribution is 2.28. The Morgan fingerprint density at radius 3 is 2.56 bits per heavy atom. The van der Waals surface area contributed by atoms with E-state index in [4.69, 9.17) is 4.78 Å². The fourth-order valence-corrected chi connectivity index (χ4v) is 4.64. The maximum absolute atomic E-state index is 12.9. The fourth-order valence-electron chi connectivity index (χ4n) is 3.36. The van der Waals surface area contributed by atoms with Crippen molar-refractivity contribution in [2.75, 3.05) is 11.1 Å². The number of benzene rings is 2. The van der Waals surface area contributed by atoms with E-state index < -0.39 is 27.5 Å². The van der Waals surface area contributed by atoms with Crippen LogP contribution in [0, 0.1) is 11.7 Å². The first-order valence-corrected chi connectivity index (χ1v) is 11.9. The molecule has 0 fully saturated rings. The lowest BCUT2D eigenvalue weighted by atomic mass is 10.1. The fraction of sp³-hybridized carbons (Fsp3) is 0.174. The standard InChI is InChI=1S/C23H20F3N5O2S/c1-15-12-20-16(14-31(30-20)10-11-34(27,33)17-6-3-2-4-7-17)13-19(15)29-22(32)18-8-5-9-21(28-18)23(24,25)26/h2-9,12-14,27H,10-11H2,1H3,(H,29,32). The monoisotopic (exact) mass is 487 g/mol. The zero-order valence-corrected chi connectivity index (χ0v) is 18.8. The number of pyridine rings is 1. The Labute approximate surface area is 193 Å². The summed E-state index contributed by atoms with van der Waals surface area (Å²) in [6.45, 7) is 1.99. The van der Waals surface area contributed by atoms with Crippen LogP contribution in [0.15, 0.2) is 71.8 Å². The van der Waals surface area contributed by atoms with Gasteiger partial charge < -0.3 is 5.32 Å². The second-order valence-corrected chi connectivity index (χ2v) is 9.90. The number of carbonyl (C=O) groups excluding carboxylic acids is 1. The van der Waals surface area contributed by atoms with Crippen LogP contribution in [0.3, 0.4) is 0 Å². The van der Waals surface area contributed by atoms with Crippen LogP contribution >= 0.6 is 0 Å². The third kappa shape index (κ3) is 5.09. The highest BCUT2D eigenvalue weighted by molar-refractivity contribution is 7.92. The van der Waals surface area contributed by atoms with Gasteiger partial charge in [-0.2, -0.15) is 18.3 Å². The molecule has 0 radical (unpaired) electrons. The molecule has 11 heteroatoms. The zero-order chi connectivity index (χ0) is 24.5. The molecule has 1 amide bonds. The van der Waals surface area contributed by atoms with Gasteiger partial charge in [0.25, 0.3) is 5.91 Å². The molecule has 1 unspecified atom stereocenters. The molecule has 34 heavy (non-hydrogen) atoms. The molecule has 0 spiro atoms. The lowest BCUT2D eigenvalue weighted by Crippen LogP contribution is -2.17. The number of nitrogens with zero attached hydrogens (tertiary/aromatic N) is 3. The lowest BCUT2D eigenvalue weighted by molar-refractivity contribution is -0.141. The van der Waals surface area contributed by atoms with Crippen LogP contribution in [-0.2, 0) is 22.5 Å². The van der Waals surface area contributed by atoms with Gasteiger partial charge in [-0.3, -0.25) is 9.48 Å². The predicted molar refractivity (Wildman–Crippen MR) is 122 cm³/mol. The van der Waals surface area contributed by atoms with E-state index in [1.165, 1.54) is 6.07 Å². The SMILES string of the molecule is Cc1cc2nn(CCS(=N)(=O)c3ccccc3)cc2cc1NC(=O)c1cccc(C(F)(F)F)n1. The van der Waals surface area contributed by atoms with Gasteiger partial charge in [-0.1, -0.05) is 24.3 Å². The summed E-state index contributed by atoms with van der Waals surface area (Å²) < 4.78 is 61.2. The molecule has 0 aliphatic rings. The maximum Gasteiger partial charge on any atom is 0.433 e. The van der Waals surface area contributed by atoms with Crippen LogP contribution in [0.1, 0.15) is 21.7 Å². The van der Waals surface area contributed by atoms with Gasteiger partial charge in [-0.05, 0) is 48.9 Å². The largest absolute Gasteiger partial charge is 0.433 e. The number of hydrogen-bond acceptors (Lipinski definition) is 5. The molecule has 2 N–H and O–H groups in total. The molecule has 0 saturated carbocycles. The third-order valence-corrected chi connectivity index (χ3v) is 6.94. The molecule has 0 aliphatic carbocycles. The van der Waals surface area contributed by atoms with Crippen LogP contribution < -0.4 is 5.32 Å². The lowest BCUT2D eigenvalue weighted by Gasteiger charge is -2.10. The van der Waals surface area contributed by atoms with Crippen molar-refractivity contribution in [2.45, 2.75) is 24.5 Å². The molecule has 7 nitrogen and oxygen atoms in total. The molecule has 2 aromatic heterocycles. The number of anilines is 1. The average Bonchev–Trinajstić information content (AvgIpc) is 3.19. The predicted octanol–water partition coefficient (Wildman–Crippen LogP) is 5.12. The van der Waals surface area contributed by atoms with E-state index in [1.807, 2.05) is 0 Å². The molecule has 176 valence electrons. The normalized spacial score (nSPS) is 13.5. The first-order valence-electron chi connectivity index (χ1n) is 10.2. The van der Waals surface area contributed by atoms with Crippen molar-refractivity contribution in [3.63, 3.8) is 0 Å². The van der Waals surface area contributed by atoms with Gasteiger partial charge in [-0.15, -0.1) is 0 Å². The number of amides is 1. The molecule has 1 atom stereocenters. The number of alkyl halides is 3. The topological polar surface area (TPSA) is 101 Å². The molecule has 0 saturated heterocycles. The Morgan fingerprint density at radius 1 is 1.12 bits per heavy atom. The van der Waals surface area contributed by atoms with E-state index >= 15 is 0 Å². The van der Waals surface area contributed by atoms with Gasteiger partial charge >= 0.3 is 6.18 Å². The molecule has 4 rings (SSSR count). The Balaban J connectivity index is 1.52. The van der Waals surface area contributed by atoms with Crippen molar-refractivity contribution in [2.24, 2.45) is 0 Å². The smallest absolute Gasteiger partial charge is 0.320 e. The first kappa shape index (κ1) is 23.4. The van der Waals surface area contributed by atoms with Gasteiger partial charge in [0.2, 0.25) is 0 Å². The van der Waals surface area contributed by atoms with Gasteiger partial charge in [0.1, 0.15) is 11.4 Å². The van der Waals surface area contributed by atoms with Gasteiger partial charge in [0.05, 0.1) is 27.5 Å². The van der Waals surface area contributed by atoms with E-state index in [9.17, 15) is 22.2 Å². The van der Waals surface area contributed by atoms with Crippen molar-refractivity contribution >= 4 is 32.2 Å². The Hall–Kier alpha value is -3.73. The zero-order valence-electron chi connectivity index (χ0n) is 18.0. The summed E-state index contributed by atoms with van der Waals surface area (Å²) in [5, 5.41) is 7.72. The van der Waals surface area contributed by atoms with Gasteiger partial charge in [0.15, 0.2) is 0 Å². The average molecular weight is 488 g/mol. The number of rotatable bonds is 6. The Bertz CT molecular complexity index is 1470. The Morgan fingerprint density at radius 2 is 1.85 bits per heavy atom. The number of hydrogen-bond donors (Lipinski definition) is 2. The quantitative estimate of drug-likeness (QED) is 0.394. The molecular weight excluding hydrogens is 467 g/mol. The van der Waals surface area contributed by atoms with Crippen LogP contribution in [0.25, 0.3) is 10.9 Å². The third-order valence-electron chi connectivity index (χ3n) is 5.15. The van der Waals surface area contributed by atoms with Gasteiger partial charge in [-0.25, -0.2) is 14.0 Å². The summed E-state index contributed by atoms with van der Waals surface area (Å²) in [6, 6.07) is 15.1. The second kappa shape index (κ2) is 8.90. The number of carbonyl (C=O) groups is 1. The number of halogens is 3. The molecule has 0 aliphatic heterocycles. The van der Waals surface area contributed by atoms with Crippen molar-refractivity contribution in [1.29, 1.82) is 4.78 Å². The first-order chi connectivity index (χ1) is 16.0. The number of aryl methyl sites for hydroxylation is 2. The molecule has 0 bridgehead atoms. The summed E-state index contributed by atoms with van der Waals surface area (Å²) in [6.07, 6.45) is -2.95. The number of aromatic nitrogens is 3. The maximum atomic E-state index is 12.9. The summed E-state index contributed by atoms with van der Waals surface area (Å²) in [5.41, 5.74) is 0.201. The minimum atomic E-state index is -4.65. The summed E-state index contributed by atoms with van der Waals surface area (Å²) >= 11 is 0. The van der Waals surface area contributed by atoms with E-state index in [0.29, 0.717) is 27.0 Å². The highest BCUT2D eigenvalue weighted by Gasteiger charge is 2.33. The van der Waals surface area contributed by atoms with Crippen LogP contribution in [0.5, 0.6) is 0 Å². The number of fused-ring (bicyclic) bond motifs is 1. The van der Waals surface area contributed by atoms with Crippen molar-refractivity contribution in [3.8, 4) is 0 Å². The van der Waals surface area contributed by atoms with Crippen LogP contribution in [0.4, 0.5) is 18.9 Å². The summed E-state index contributed by atoms with van der Waals surface area (Å²) in [5.74, 6) is -0.688. The van der Waals surface area contributed by atoms with E-state index in [2.05, 4.69) is 15.4 Å². The number of nitrogens with one attached hydrogen (secondary N) is 2. The minimum absolute atomic E-state index is 0.0782.